The van der Waals surface area contributed by atoms with Crippen LogP contribution in [0.15, 0.2) is 113 Å². The summed E-state index contributed by atoms with van der Waals surface area (Å²) >= 11 is 0. The SMILES string of the molecule is Cc1ccc(N=Nc2ccc(N=Nc3cc(S(=O)(=O)O)c4cc(S(=O)(=O)O)cc(S(=O)(=O)O)c4c3)c3cc(S(=O)(=O)O)ccc23)c(C)c1. The molecule has 0 spiro atoms. The number of aryl methyl sites for hydroxylation is 2. The van der Waals surface area contributed by atoms with Crippen molar-refractivity contribution in [2.75, 3.05) is 0 Å². The molecule has 0 amide bonds. The molecule has 0 aliphatic rings. The Hall–Kier alpha value is -4.54. The highest BCUT2D eigenvalue weighted by molar-refractivity contribution is 7.87. The Kier molecular flexibility index (Phi) is 8.82. The zero-order chi connectivity index (χ0) is 35.4. The van der Waals surface area contributed by atoms with E-state index < -0.39 is 76.5 Å². The lowest BCUT2D eigenvalue weighted by molar-refractivity contribution is 0.478. The van der Waals surface area contributed by atoms with E-state index in [-0.39, 0.29) is 16.8 Å². The van der Waals surface area contributed by atoms with Gasteiger partial charge in [-0.05, 0) is 74.0 Å². The van der Waals surface area contributed by atoms with E-state index in [9.17, 15) is 51.9 Å². The first-order valence-electron chi connectivity index (χ1n) is 13.1. The van der Waals surface area contributed by atoms with Crippen LogP contribution in [0, 0.1) is 13.8 Å². The maximum Gasteiger partial charge on any atom is 0.295 e. The highest BCUT2D eigenvalue weighted by Gasteiger charge is 2.25. The summed E-state index contributed by atoms with van der Waals surface area (Å²) in [6.07, 6.45) is 0. The summed E-state index contributed by atoms with van der Waals surface area (Å²) in [4.78, 5) is -3.80. The van der Waals surface area contributed by atoms with Crippen LogP contribution in [0.5, 0.6) is 0 Å². The molecule has 0 bridgehead atoms. The largest absolute Gasteiger partial charge is 0.295 e. The van der Waals surface area contributed by atoms with Gasteiger partial charge < -0.3 is 0 Å². The Morgan fingerprint density at radius 2 is 0.938 bits per heavy atom. The van der Waals surface area contributed by atoms with E-state index in [1.165, 1.54) is 18.2 Å². The lowest BCUT2D eigenvalue weighted by Gasteiger charge is -2.11. The fourth-order valence-corrected chi connectivity index (χ4v) is 7.31. The molecular formula is C28H22N4O12S4. The molecule has 0 saturated heterocycles. The minimum Gasteiger partial charge on any atom is -0.282 e. The van der Waals surface area contributed by atoms with Crippen molar-refractivity contribution in [3.05, 3.63) is 83.9 Å². The van der Waals surface area contributed by atoms with Crippen LogP contribution in [0.2, 0.25) is 0 Å². The van der Waals surface area contributed by atoms with Gasteiger partial charge in [0.15, 0.2) is 0 Å². The zero-order valence-electron chi connectivity index (χ0n) is 24.4. The summed E-state index contributed by atoms with van der Waals surface area (Å²) in [6, 6.07) is 14.4. The Balaban J connectivity index is 1.73. The summed E-state index contributed by atoms with van der Waals surface area (Å²) in [7, 11) is -20.3. The summed E-state index contributed by atoms with van der Waals surface area (Å²) < 4.78 is 135. The molecule has 0 radical (unpaired) electrons. The second kappa shape index (κ2) is 12.2. The van der Waals surface area contributed by atoms with E-state index in [2.05, 4.69) is 20.5 Å². The molecule has 0 aromatic heterocycles. The zero-order valence-corrected chi connectivity index (χ0v) is 27.7. The molecule has 250 valence electrons. The number of hydrogen-bond donors (Lipinski definition) is 4. The van der Waals surface area contributed by atoms with Crippen LogP contribution in [-0.4, -0.2) is 51.9 Å². The number of benzene rings is 5. The lowest BCUT2D eigenvalue weighted by atomic mass is 10.1. The van der Waals surface area contributed by atoms with Gasteiger partial charge in [-0.2, -0.15) is 43.9 Å². The Morgan fingerprint density at radius 1 is 0.438 bits per heavy atom. The second-order valence-electron chi connectivity index (χ2n) is 10.4. The smallest absolute Gasteiger partial charge is 0.282 e. The first-order valence-corrected chi connectivity index (χ1v) is 18.9. The summed E-state index contributed by atoms with van der Waals surface area (Å²) in [5, 5.41) is 15.6. The molecule has 0 atom stereocenters. The fraction of sp³-hybridized carbons (Fsp3) is 0.0714. The summed E-state index contributed by atoms with van der Waals surface area (Å²) in [6.45, 7) is 3.75. The minimum atomic E-state index is -5.27. The average molecular weight is 735 g/mol. The van der Waals surface area contributed by atoms with Crippen LogP contribution in [0.4, 0.5) is 22.7 Å². The predicted octanol–water partition coefficient (Wildman–Crippen LogP) is 6.43. The number of fused-ring (bicyclic) bond motifs is 2. The van der Waals surface area contributed by atoms with Gasteiger partial charge in [-0.15, -0.1) is 10.2 Å². The molecule has 48 heavy (non-hydrogen) atoms. The van der Waals surface area contributed by atoms with Crippen molar-refractivity contribution >= 4 is 84.8 Å². The first-order chi connectivity index (χ1) is 22.1. The molecule has 0 aliphatic carbocycles. The molecule has 5 aromatic carbocycles. The Bertz CT molecular complexity index is 2690. The molecular weight excluding hydrogens is 713 g/mol. The van der Waals surface area contributed by atoms with Crippen LogP contribution in [-0.2, 0) is 40.5 Å². The van der Waals surface area contributed by atoms with Crippen LogP contribution >= 0.6 is 0 Å². The van der Waals surface area contributed by atoms with E-state index in [4.69, 9.17) is 0 Å². The maximum atomic E-state index is 12.3. The molecule has 5 rings (SSSR count). The topological polar surface area (TPSA) is 267 Å². The molecule has 16 nitrogen and oxygen atoms in total. The third-order valence-corrected chi connectivity index (χ3v) is 10.4. The number of rotatable bonds is 8. The standard InChI is InChI=1S/C28H22N4O12S4/c1-15-3-6-24(16(2)9-15)30-32-25-7-8-26(21-12-18(45(33,34)35)4-5-20(21)25)31-29-17-10-22-23(27(11-17)47(39,40)41)13-19(46(36,37)38)14-28(22)48(42,43)44/h3-14H,1-2H3,(H,33,34,35)(H,36,37,38)(H,39,40,41)(H,42,43,44). The van der Waals surface area contributed by atoms with Gasteiger partial charge in [0, 0.05) is 21.5 Å². The molecule has 0 saturated carbocycles. The number of nitrogens with zero attached hydrogens (tertiary/aromatic N) is 4. The normalized spacial score (nSPS) is 13.3. The van der Waals surface area contributed by atoms with Gasteiger partial charge >= 0.3 is 0 Å². The summed E-state index contributed by atoms with van der Waals surface area (Å²) in [5.41, 5.74) is 2.19. The van der Waals surface area contributed by atoms with Crippen LogP contribution in [0.1, 0.15) is 11.1 Å². The minimum absolute atomic E-state index is 0.0498. The molecule has 20 heteroatoms. The molecule has 4 N–H and O–H groups in total. The van der Waals surface area contributed by atoms with E-state index in [1.807, 2.05) is 26.0 Å². The van der Waals surface area contributed by atoms with Crippen molar-refractivity contribution in [2.24, 2.45) is 20.5 Å². The number of azo groups is 2. The number of hydrogen-bond acceptors (Lipinski definition) is 12. The Morgan fingerprint density at radius 3 is 1.52 bits per heavy atom. The van der Waals surface area contributed by atoms with Gasteiger partial charge in [-0.3, -0.25) is 18.2 Å². The van der Waals surface area contributed by atoms with Crippen LogP contribution < -0.4 is 0 Å². The van der Waals surface area contributed by atoms with E-state index in [1.54, 1.807) is 6.07 Å². The van der Waals surface area contributed by atoms with Crippen molar-refractivity contribution < 1.29 is 51.9 Å². The van der Waals surface area contributed by atoms with E-state index in [0.29, 0.717) is 29.3 Å². The molecule has 0 unspecified atom stereocenters. The Labute approximate surface area is 273 Å². The molecule has 5 aromatic rings. The molecule has 0 heterocycles. The van der Waals surface area contributed by atoms with E-state index in [0.717, 1.165) is 29.3 Å². The molecule has 0 fully saturated rings. The van der Waals surface area contributed by atoms with Gasteiger partial charge in [-0.25, -0.2) is 0 Å². The highest BCUT2D eigenvalue weighted by Crippen LogP contribution is 2.39. The monoisotopic (exact) mass is 734 g/mol. The van der Waals surface area contributed by atoms with Gasteiger partial charge in [0.25, 0.3) is 40.5 Å². The maximum absolute atomic E-state index is 12.3. The first kappa shape index (κ1) is 34.8. The summed E-state index contributed by atoms with van der Waals surface area (Å²) in [5.74, 6) is 0. The molecule has 0 aliphatic heterocycles. The fourth-order valence-electron chi connectivity index (χ4n) is 4.76. The van der Waals surface area contributed by atoms with Crippen LogP contribution in [0.25, 0.3) is 21.5 Å². The third-order valence-electron chi connectivity index (χ3n) is 6.94. The van der Waals surface area contributed by atoms with Crippen molar-refractivity contribution in [3.8, 4) is 0 Å². The van der Waals surface area contributed by atoms with Crippen LogP contribution in [0.3, 0.4) is 0 Å². The lowest BCUT2D eigenvalue weighted by Crippen LogP contribution is -2.07. The predicted molar refractivity (Wildman–Crippen MR) is 171 cm³/mol. The quantitative estimate of drug-likeness (QED) is 0.0992. The highest BCUT2D eigenvalue weighted by atomic mass is 32.2. The van der Waals surface area contributed by atoms with E-state index >= 15 is 0 Å². The van der Waals surface area contributed by atoms with Crippen molar-refractivity contribution in [1.29, 1.82) is 0 Å². The van der Waals surface area contributed by atoms with Gasteiger partial charge in [0.05, 0.1) is 32.5 Å². The van der Waals surface area contributed by atoms with Crippen molar-refractivity contribution in [1.82, 2.24) is 0 Å². The van der Waals surface area contributed by atoms with Crippen molar-refractivity contribution in [3.63, 3.8) is 0 Å². The van der Waals surface area contributed by atoms with Gasteiger partial charge in [-0.1, -0.05) is 23.8 Å². The second-order valence-corrected chi connectivity index (χ2v) is 16.0. The van der Waals surface area contributed by atoms with Crippen molar-refractivity contribution in [2.45, 2.75) is 33.4 Å². The third kappa shape index (κ3) is 7.29. The average Bonchev–Trinajstić information content (AvgIpc) is 2.96. The van der Waals surface area contributed by atoms with Gasteiger partial charge in [0.2, 0.25) is 0 Å². The van der Waals surface area contributed by atoms with Gasteiger partial charge in [0.1, 0.15) is 9.79 Å².